The van der Waals surface area contributed by atoms with Gasteiger partial charge in [-0.25, -0.2) is 13.4 Å². The van der Waals surface area contributed by atoms with Gasteiger partial charge in [0.25, 0.3) is 0 Å². The third kappa shape index (κ3) is 4.66. The molecule has 3 aromatic rings. The van der Waals surface area contributed by atoms with Gasteiger partial charge in [-0.3, -0.25) is 4.79 Å². The summed E-state index contributed by atoms with van der Waals surface area (Å²) in [6.45, 7) is 3.99. The van der Waals surface area contributed by atoms with E-state index in [4.69, 9.17) is 0 Å². The van der Waals surface area contributed by atoms with E-state index in [9.17, 15) is 13.2 Å². The number of hydrogen-bond acceptors (Lipinski definition) is 6. The van der Waals surface area contributed by atoms with Gasteiger partial charge < -0.3 is 10.6 Å². The smallest absolute Gasteiger partial charge is 0.238 e. The molecule has 6 nitrogen and oxygen atoms in total. The Morgan fingerprint density at radius 2 is 1.97 bits per heavy atom. The highest BCUT2D eigenvalue weighted by Crippen LogP contribution is 2.31. The second-order valence-corrected chi connectivity index (χ2v) is 11.1. The molecule has 2 heterocycles. The first-order chi connectivity index (χ1) is 13.7. The molecule has 1 amide bonds. The van der Waals surface area contributed by atoms with Gasteiger partial charge in [0, 0.05) is 16.8 Å². The van der Waals surface area contributed by atoms with Crippen molar-refractivity contribution in [3.8, 4) is 10.6 Å². The number of sulfone groups is 1. The lowest BCUT2D eigenvalue weighted by Crippen LogP contribution is -2.46. The first-order valence-electron chi connectivity index (χ1n) is 9.44. The van der Waals surface area contributed by atoms with Crippen LogP contribution >= 0.6 is 11.3 Å². The molecular formula is C21H23N3O3S2. The first kappa shape index (κ1) is 20.0. The van der Waals surface area contributed by atoms with Gasteiger partial charge in [0.1, 0.15) is 5.01 Å². The molecule has 2 N–H and O–H groups in total. The van der Waals surface area contributed by atoms with Crippen LogP contribution in [-0.2, 0) is 14.6 Å². The Morgan fingerprint density at radius 3 is 2.66 bits per heavy atom. The fourth-order valence-corrected chi connectivity index (χ4v) is 6.69. The Labute approximate surface area is 174 Å². The second-order valence-electron chi connectivity index (χ2n) is 7.87. The van der Waals surface area contributed by atoms with Gasteiger partial charge in [0.05, 0.1) is 28.3 Å². The Hall–Kier alpha value is -2.29. The molecule has 29 heavy (non-hydrogen) atoms. The SMILES string of the molecule is Cc1ccc2nc(-c3ccc(NC(=O)CNC4(C)CCS(=O)(=O)C4)cc3)sc2c1. The lowest BCUT2D eigenvalue weighted by Gasteiger charge is -2.23. The summed E-state index contributed by atoms with van der Waals surface area (Å²) in [6.07, 6.45) is 0.527. The maximum atomic E-state index is 12.2. The van der Waals surface area contributed by atoms with Crippen LogP contribution in [0.2, 0.25) is 0 Å². The second kappa shape index (κ2) is 7.51. The van der Waals surface area contributed by atoms with E-state index in [1.807, 2.05) is 37.3 Å². The molecule has 0 bridgehead atoms. The van der Waals surface area contributed by atoms with Gasteiger partial charge in [-0.1, -0.05) is 6.07 Å². The number of hydrogen-bond donors (Lipinski definition) is 2. The minimum atomic E-state index is -3.00. The maximum Gasteiger partial charge on any atom is 0.238 e. The van der Waals surface area contributed by atoms with Crippen LogP contribution in [0.4, 0.5) is 5.69 Å². The molecule has 0 aliphatic carbocycles. The van der Waals surface area contributed by atoms with Gasteiger partial charge in [-0.15, -0.1) is 11.3 Å². The van der Waals surface area contributed by atoms with Crippen LogP contribution in [0, 0.1) is 6.92 Å². The molecule has 152 valence electrons. The van der Waals surface area contributed by atoms with E-state index >= 15 is 0 Å². The summed E-state index contributed by atoms with van der Waals surface area (Å²) in [5.74, 6) is 0.0490. The van der Waals surface area contributed by atoms with Crippen LogP contribution in [0.15, 0.2) is 42.5 Å². The van der Waals surface area contributed by atoms with Crippen molar-refractivity contribution in [3.63, 3.8) is 0 Å². The van der Waals surface area contributed by atoms with Crippen molar-refractivity contribution in [2.45, 2.75) is 25.8 Å². The minimum Gasteiger partial charge on any atom is -0.325 e. The Morgan fingerprint density at radius 1 is 1.21 bits per heavy atom. The predicted octanol–water partition coefficient (Wildman–Crippen LogP) is 3.38. The van der Waals surface area contributed by atoms with Crippen LogP contribution in [0.5, 0.6) is 0 Å². The summed E-state index contributed by atoms with van der Waals surface area (Å²) in [6, 6.07) is 13.8. The number of aromatic nitrogens is 1. The molecule has 1 unspecified atom stereocenters. The molecule has 1 atom stereocenters. The van der Waals surface area contributed by atoms with Crippen LogP contribution < -0.4 is 10.6 Å². The number of fused-ring (bicyclic) bond motifs is 1. The zero-order valence-corrected chi connectivity index (χ0v) is 18.0. The molecule has 0 spiro atoms. The molecule has 0 saturated carbocycles. The predicted molar refractivity (Wildman–Crippen MR) is 118 cm³/mol. The van der Waals surface area contributed by atoms with Crippen molar-refractivity contribution in [1.82, 2.24) is 10.3 Å². The van der Waals surface area contributed by atoms with E-state index in [-0.39, 0.29) is 24.0 Å². The van der Waals surface area contributed by atoms with Crippen molar-refractivity contribution >= 4 is 43.0 Å². The fraction of sp³-hybridized carbons (Fsp3) is 0.333. The average molecular weight is 430 g/mol. The number of rotatable bonds is 5. The van der Waals surface area contributed by atoms with Gasteiger partial charge in [0.2, 0.25) is 5.91 Å². The normalized spacial score (nSPS) is 20.8. The van der Waals surface area contributed by atoms with Crippen molar-refractivity contribution in [1.29, 1.82) is 0 Å². The molecule has 1 aliphatic rings. The first-order valence-corrected chi connectivity index (χ1v) is 12.1. The minimum absolute atomic E-state index is 0.0731. The van der Waals surface area contributed by atoms with Crippen molar-refractivity contribution in [2.75, 3.05) is 23.4 Å². The number of carbonyl (C=O) groups excluding carboxylic acids is 1. The zero-order valence-electron chi connectivity index (χ0n) is 16.4. The van der Waals surface area contributed by atoms with E-state index in [2.05, 4.69) is 34.7 Å². The lowest BCUT2D eigenvalue weighted by atomic mass is 10.0. The van der Waals surface area contributed by atoms with Crippen molar-refractivity contribution in [2.24, 2.45) is 0 Å². The number of anilines is 1. The standard InChI is InChI=1S/C21H23N3O3S2/c1-14-3-8-17-18(11-14)28-20(24-17)15-4-6-16(7-5-15)23-19(25)12-22-21(2)9-10-29(26,27)13-21/h3-8,11,22H,9-10,12-13H2,1-2H3,(H,23,25). The van der Waals surface area contributed by atoms with Crippen LogP contribution in [-0.4, -0.2) is 42.9 Å². The Kier molecular flexibility index (Phi) is 5.18. The van der Waals surface area contributed by atoms with E-state index in [1.54, 1.807) is 11.3 Å². The van der Waals surface area contributed by atoms with Gasteiger partial charge in [-0.2, -0.15) is 0 Å². The van der Waals surface area contributed by atoms with Crippen molar-refractivity contribution in [3.05, 3.63) is 48.0 Å². The number of carbonyl (C=O) groups is 1. The number of thiazole rings is 1. The summed E-state index contributed by atoms with van der Waals surface area (Å²) in [5, 5.41) is 6.88. The molecule has 1 saturated heterocycles. The lowest BCUT2D eigenvalue weighted by molar-refractivity contribution is -0.115. The highest BCUT2D eigenvalue weighted by molar-refractivity contribution is 7.91. The fourth-order valence-electron chi connectivity index (χ4n) is 3.50. The largest absolute Gasteiger partial charge is 0.325 e. The molecule has 0 radical (unpaired) electrons. The van der Waals surface area contributed by atoms with Gasteiger partial charge >= 0.3 is 0 Å². The molecule has 1 aliphatic heterocycles. The summed E-state index contributed by atoms with van der Waals surface area (Å²) >= 11 is 1.65. The highest BCUT2D eigenvalue weighted by Gasteiger charge is 2.38. The summed E-state index contributed by atoms with van der Waals surface area (Å²) in [7, 11) is -3.00. The molecule has 8 heteroatoms. The number of nitrogens with zero attached hydrogens (tertiary/aromatic N) is 1. The van der Waals surface area contributed by atoms with Crippen LogP contribution in [0.25, 0.3) is 20.8 Å². The average Bonchev–Trinajstić information content (AvgIpc) is 3.20. The Bertz CT molecular complexity index is 1170. The molecule has 4 rings (SSSR count). The molecule has 2 aromatic carbocycles. The highest BCUT2D eigenvalue weighted by atomic mass is 32.2. The molecular weight excluding hydrogens is 406 g/mol. The van der Waals surface area contributed by atoms with Gasteiger partial charge in [0.15, 0.2) is 9.84 Å². The van der Waals surface area contributed by atoms with E-state index < -0.39 is 15.4 Å². The van der Waals surface area contributed by atoms with E-state index in [0.717, 1.165) is 20.8 Å². The van der Waals surface area contributed by atoms with Crippen LogP contribution in [0.3, 0.4) is 0 Å². The summed E-state index contributed by atoms with van der Waals surface area (Å²) in [4.78, 5) is 16.9. The zero-order chi connectivity index (χ0) is 20.6. The van der Waals surface area contributed by atoms with Crippen molar-refractivity contribution < 1.29 is 13.2 Å². The molecule has 1 fully saturated rings. The van der Waals surface area contributed by atoms with Crippen LogP contribution in [0.1, 0.15) is 18.9 Å². The monoisotopic (exact) mass is 429 g/mol. The third-order valence-electron chi connectivity index (χ3n) is 5.14. The number of amides is 1. The van der Waals surface area contributed by atoms with Gasteiger partial charge in [-0.05, 0) is 62.2 Å². The number of nitrogens with one attached hydrogen (secondary N) is 2. The number of benzene rings is 2. The molecule has 1 aromatic heterocycles. The van der Waals surface area contributed by atoms with E-state index in [0.29, 0.717) is 12.1 Å². The quantitative estimate of drug-likeness (QED) is 0.649. The van der Waals surface area contributed by atoms with E-state index in [1.165, 1.54) is 5.56 Å². The Balaban J connectivity index is 1.38. The number of aryl methyl sites for hydroxylation is 1. The topological polar surface area (TPSA) is 88.2 Å². The third-order valence-corrected chi connectivity index (χ3v) is 8.11. The summed E-state index contributed by atoms with van der Waals surface area (Å²) in [5.41, 5.74) is 3.36. The maximum absolute atomic E-state index is 12.2. The summed E-state index contributed by atoms with van der Waals surface area (Å²) < 4.78 is 24.5.